The molecule has 0 atom stereocenters. The molecular weight excluding hydrogens is 364 g/mol. The van der Waals surface area contributed by atoms with Crippen molar-refractivity contribution >= 4 is 22.5 Å². The first-order valence-corrected chi connectivity index (χ1v) is 10.2. The summed E-state index contributed by atoms with van der Waals surface area (Å²) in [5.74, 6) is 2.28. The zero-order valence-corrected chi connectivity index (χ0v) is 16.0. The van der Waals surface area contributed by atoms with E-state index < -0.39 is 0 Å². The fraction of sp³-hybridized carbons (Fsp3) is 0.364. The van der Waals surface area contributed by atoms with Crippen molar-refractivity contribution in [1.82, 2.24) is 19.6 Å². The van der Waals surface area contributed by atoms with Gasteiger partial charge in [-0.3, -0.25) is 4.40 Å². The minimum absolute atomic E-state index is 0.315. The molecule has 0 bridgehead atoms. The van der Waals surface area contributed by atoms with Crippen molar-refractivity contribution in [2.24, 2.45) is 0 Å². The molecule has 6 rings (SSSR count). The molecule has 7 nitrogen and oxygen atoms in total. The number of rotatable bonds is 2. The van der Waals surface area contributed by atoms with Gasteiger partial charge in [0.25, 0.3) is 0 Å². The van der Waals surface area contributed by atoms with Crippen LogP contribution in [0.25, 0.3) is 16.7 Å². The molecule has 0 unspecified atom stereocenters. The van der Waals surface area contributed by atoms with E-state index in [1.807, 2.05) is 18.2 Å². The summed E-state index contributed by atoms with van der Waals surface area (Å²) < 4.78 is 7.67. The van der Waals surface area contributed by atoms with Gasteiger partial charge in [0.2, 0.25) is 12.3 Å². The molecule has 2 aliphatic rings. The Morgan fingerprint density at radius 2 is 1.93 bits per heavy atom. The van der Waals surface area contributed by atoms with Gasteiger partial charge in [0.05, 0.1) is 16.6 Å². The molecule has 0 spiro atoms. The van der Waals surface area contributed by atoms with Gasteiger partial charge in [-0.2, -0.15) is 5.26 Å². The molecule has 4 aromatic rings. The molecule has 144 valence electrons. The molecule has 0 radical (unpaired) electrons. The van der Waals surface area contributed by atoms with Crippen LogP contribution in [0.1, 0.15) is 47.8 Å². The van der Waals surface area contributed by atoms with Gasteiger partial charge < -0.3 is 9.32 Å². The summed E-state index contributed by atoms with van der Waals surface area (Å²) >= 11 is 0. The lowest BCUT2D eigenvalue weighted by molar-refractivity contribution is 0.392. The first-order chi connectivity index (χ1) is 14.3. The van der Waals surface area contributed by atoms with Gasteiger partial charge in [0.15, 0.2) is 5.65 Å². The zero-order chi connectivity index (χ0) is 19.4. The quantitative estimate of drug-likeness (QED) is 0.525. The second-order valence-electron chi connectivity index (χ2n) is 7.92. The second-order valence-corrected chi connectivity index (χ2v) is 7.92. The summed E-state index contributed by atoms with van der Waals surface area (Å²) in [5, 5.41) is 17.9. The van der Waals surface area contributed by atoms with Crippen LogP contribution in [0.15, 0.2) is 35.1 Å². The highest BCUT2D eigenvalue weighted by Gasteiger charge is 2.31. The lowest BCUT2D eigenvalue weighted by atomic mass is 9.96. The number of fused-ring (bicyclic) bond motifs is 4. The number of imidazole rings is 1. The van der Waals surface area contributed by atoms with Crippen LogP contribution in [-0.4, -0.2) is 32.7 Å². The second kappa shape index (κ2) is 6.31. The van der Waals surface area contributed by atoms with Gasteiger partial charge in [-0.25, -0.2) is 4.98 Å². The lowest BCUT2D eigenvalue weighted by Gasteiger charge is -2.34. The van der Waals surface area contributed by atoms with Crippen LogP contribution >= 0.6 is 0 Å². The fourth-order valence-corrected chi connectivity index (χ4v) is 5.09. The number of hydrogen-bond donors (Lipinski definition) is 0. The largest absolute Gasteiger partial charge is 0.428 e. The van der Waals surface area contributed by atoms with Crippen molar-refractivity contribution in [3.05, 3.63) is 53.2 Å². The van der Waals surface area contributed by atoms with Crippen molar-refractivity contribution in [3.8, 4) is 6.07 Å². The van der Waals surface area contributed by atoms with Crippen molar-refractivity contribution in [2.75, 3.05) is 18.0 Å². The SMILES string of the molecule is N#Cc1c2c(c(N3CCC(c4nnco4)CC3)n3c1nc1ccccc13)CCC2. The average Bonchev–Trinajstić information content (AvgIpc) is 3.51. The van der Waals surface area contributed by atoms with Crippen LogP contribution < -0.4 is 4.90 Å². The van der Waals surface area contributed by atoms with Crippen LogP contribution in [0.2, 0.25) is 0 Å². The van der Waals surface area contributed by atoms with Crippen molar-refractivity contribution in [3.63, 3.8) is 0 Å². The van der Waals surface area contributed by atoms with Crippen LogP contribution in [0.3, 0.4) is 0 Å². The summed E-state index contributed by atoms with van der Waals surface area (Å²) in [6.45, 7) is 1.85. The van der Waals surface area contributed by atoms with Gasteiger partial charge in [-0.1, -0.05) is 12.1 Å². The van der Waals surface area contributed by atoms with E-state index in [1.54, 1.807) is 0 Å². The summed E-state index contributed by atoms with van der Waals surface area (Å²) in [4.78, 5) is 7.33. The predicted octanol–water partition coefficient (Wildman–Crippen LogP) is 3.61. The Labute approximate surface area is 167 Å². The standard InChI is InChI=1S/C22H20N6O/c23-12-17-15-4-3-5-16(15)22(28-19-7-2-1-6-18(19)25-20(17)28)27-10-8-14(9-11-27)21-26-24-13-29-21/h1-2,6-7,13-14H,3-5,8-11H2. The summed E-state index contributed by atoms with van der Waals surface area (Å²) in [5.41, 5.74) is 6.08. The molecule has 4 heterocycles. The van der Waals surface area contributed by atoms with E-state index in [4.69, 9.17) is 9.40 Å². The monoisotopic (exact) mass is 384 g/mol. The molecule has 1 aromatic carbocycles. The van der Waals surface area contributed by atoms with E-state index in [9.17, 15) is 5.26 Å². The van der Waals surface area contributed by atoms with Gasteiger partial charge >= 0.3 is 0 Å². The number of nitrogens with zero attached hydrogens (tertiary/aromatic N) is 6. The van der Waals surface area contributed by atoms with E-state index in [0.717, 1.165) is 73.3 Å². The van der Waals surface area contributed by atoms with Crippen molar-refractivity contribution in [1.29, 1.82) is 5.26 Å². The summed E-state index contributed by atoms with van der Waals surface area (Å²) in [7, 11) is 0. The molecule has 0 N–H and O–H groups in total. The maximum atomic E-state index is 9.93. The minimum atomic E-state index is 0.315. The Morgan fingerprint density at radius 1 is 1.10 bits per heavy atom. The van der Waals surface area contributed by atoms with Gasteiger partial charge in [0, 0.05) is 19.0 Å². The smallest absolute Gasteiger partial charge is 0.219 e. The number of anilines is 1. The summed E-state index contributed by atoms with van der Waals surface area (Å²) in [6.07, 6.45) is 6.45. The molecule has 7 heteroatoms. The van der Waals surface area contributed by atoms with Crippen LogP contribution in [0.5, 0.6) is 0 Å². The topological polar surface area (TPSA) is 83.2 Å². The van der Waals surface area contributed by atoms with E-state index in [1.165, 1.54) is 23.3 Å². The number of nitriles is 1. The zero-order valence-electron chi connectivity index (χ0n) is 16.0. The average molecular weight is 384 g/mol. The Kier molecular flexibility index (Phi) is 3.60. The number of piperidine rings is 1. The van der Waals surface area contributed by atoms with E-state index in [-0.39, 0.29) is 0 Å². The Morgan fingerprint density at radius 3 is 2.72 bits per heavy atom. The first-order valence-electron chi connectivity index (χ1n) is 10.2. The molecule has 1 fully saturated rings. The third-order valence-electron chi connectivity index (χ3n) is 6.42. The molecule has 1 saturated heterocycles. The fourth-order valence-electron chi connectivity index (χ4n) is 5.09. The number of pyridine rings is 1. The lowest BCUT2D eigenvalue weighted by Crippen LogP contribution is -2.35. The highest BCUT2D eigenvalue weighted by molar-refractivity contribution is 5.86. The maximum absolute atomic E-state index is 9.93. The summed E-state index contributed by atoms with van der Waals surface area (Å²) in [6, 6.07) is 10.6. The third-order valence-corrected chi connectivity index (χ3v) is 6.42. The van der Waals surface area contributed by atoms with Crippen LogP contribution in [0, 0.1) is 11.3 Å². The van der Waals surface area contributed by atoms with Crippen molar-refractivity contribution < 1.29 is 4.42 Å². The maximum Gasteiger partial charge on any atom is 0.219 e. The number of hydrogen-bond acceptors (Lipinski definition) is 6. The van der Waals surface area contributed by atoms with Gasteiger partial charge in [0.1, 0.15) is 11.9 Å². The molecule has 3 aromatic heterocycles. The molecule has 29 heavy (non-hydrogen) atoms. The predicted molar refractivity (Wildman–Crippen MR) is 108 cm³/mol. The molecule has 0 saturated carbocycles. The first kappa shape index (κ1) is 16.5. The number of para-hydroxylation sites is 2. The van der Waals surface area contributed by atoms with Crippen molar-refractivity contribution in [2.45, 2.75) is 38.0 Å². The van der Waals surface area contributed by atoms with E-state index >= 15 is 0 Å². The van der Waals surface area contributed by atoms with E-state index in [2.05, 4.69) is 31.6 Å². The molecule has 1 aliphatic carbocycles. The Hall–Kier alpha value is -3.40. The Balaban J connectivity index is 1.52. The molecular formula is C22H20N6O. The highest BCUT2D eigenvalue weighted by Crippen LogP contribution is 2.40. The van der Waals surface area contributed by atoms with Gasteiger partial charge in [-0.15, -0.1) is 10.2 Å². The van der Waals surface area contributed by atoms with Gasteiger partial charge in [-0.05, 0) is 55.4 Å². The van der Waals surface area contributed by atoms with Crippen LogP contribution in [-0.2, 0) is 12.8 Å². The van der Waals surface area contributed by atoms with Crippen LogP contribution in [0.4, 0.5) is 5.82 Å². The highest BCUT2D eigenvalue weighted by atomic mass is 16.4. The number of benzene rings is 1. The Bertz CT molecular complexity index is 1260. The third kappa shape index (κ3) is 2.38. The number of aromatic nitrogens is 4. The normalized spacial score (nSPS) is 17.1. The molecule has 0 amide bonds. The molecule has 1 aliphatic heterocycles. The minimum Gasteiger partial charge on any atom is -0.428 e. The van der Waals surface area contributed by atoms with E-state index in [0.29, 0.717) is 5.92 Å².